The second-order valence-electron chi connectivity index (χ2n) is 4.88. The Bertz CT molecular complexity index is 787. The summed E-state index contributed by atoms with van der Waals surface area (Å²) in [5.41, 5.74) is -0.217. The van der Waals surface area contributed by atoms with E-state index in [1.165, 1.54) is 33.5 Å². The highest BCUT2D eigenvalue weighted by Gasteiger charge is 2.29. The van der Waals surface area contributed by atoms with Crippen LogP contribution in [0.2, 0.25) is 0 Å². The highest BCUT2D eigenvalue weighted by atomic mass is 32.2. The minimum Gasteiger partial charge on any atom is -0.446 e. The van der Waals surface area contributed by atoms with Crippen LogP contribution in [0.1, 0.15) is 18.6 Å². The van der Waals surface area contributed by atoms with Crippen LogP contribution in [0.4, 0.5) is 0 Å². The highest BCUT2D eigenvalue weighted by Crippen LogP contribution is 2.22. The first kappa shape index (κ1) is 14.0. The number of sulfonamides is 1. The van der Waals surface area contributed by atoms with Crippen molar-refractivity contribution in [1.82, 2.24) is 13.9 Å². The van der Waals surface area contributed by atoms with E-state index in [0.717, 1.165) is 12.8 Å². The number of aromatic nitrogens is 2. The van der Waals surface area contributed by atoms with E-state index in [0.29, 0.717) is 18.8 Å². The van der Waals surface area contributed by atoms with E-state index in [1.807, 2.05) is 0 Å². The van der Waals surface area contributed by atoms with E-state index in [4.69, 9.17) is 4.42 Å². The Hall–Kier alpha value is -1.93. The van der Waals surface area contributed by atoms with Gasteiger partial charge in [0.2, 0.25) is 5.09 Å². The molecule has 8 heteroatoms. The summed E-state index contributed by atoms with van der Waals surface area (Å²) in [5, 5.41) is -0.0728. The lowest BCUT2D eigenvalue weighted by atomic mass is 10.4. The summed E-state index contributed by atoms with van der Waals surface area (Å²) in [6, 6.07) is 4.34. The smallest absolute Gasteiger partial charge is 0.276 e. The van der Waals surface area contributed by atoms with Crippen LogP contribution in [0.3, 0.4) is 0 Å². The Kier molecular flexibility index (Phi) is 3.64. The van der Waals surface area contributed by atoms with Gasteiger partial charge in [-0.25, -0.2) is 13.4 Å². The lowest BCUT2D eigenvalue weighted by Crippen LogP contribution is -2.27. The van der Waals surface area contributed by atoms with Crippen LogP contribution < -0.4 is 5.56 Å². The van der Waals surface area contributed by atoms with Crippen molar-refractivity contribution in [2.24, 2.45) is 0 Å². The molecule has 0 aromatic carbocycles. The average Bonchev–Trinajstić information content (AvgIpc) is 3.12. The van der Waals surface area contributed by atoms with Crippen LogP contribution >= 0.6 is 0 Å². The quantitative estimate of drug-likeness (QED) is 0.828. The predicted octanol–water partition coefficient (Wildman–Crippen LogP) is 0.669. The van der Waals surface area contributed by atoms with Crippen molar-refractivity contribution < 1.29 is 12.8 Å². The third kappa shape index (κ3) is 2.77. The molecule has 0 atom stereocenters. The molecule has 0 N–H and O–H groups in total. The Morgan fingerprint density at radius 1 is 1.19 bits per heavy atom. The van der Waals surface area contributed by atoms with Gasteiger partial charge < -0.3 is 4.42 Å². The van der Waals surface area contributed by atoms with Crippen molar-refractivity contribution in [3.63, 3.8) is 0 Å². The van der Waals surface area contributed by atoms with Crippen molar-refractivity contribution >= 4 is 10.0 Å². The molecule has 0 radical (unpaired) electrons. The van der Waals surface area contributed by atoms with Crippen LogP contribution in [0.5, 0.6) is 0 Å². The lowest BCUT2D eigenvalue weighted by molar-refractivity contribution is 0.382. The van der Waals surface area contributed by atoms with Crippen molar-refractivity contribution in [1.29, 1.82) is 0 Å². The predicted molar refractivity (Wildman–Crippen MR) is 74.3 cm³/mol. The molecular formula is C13H15N3O4S. The molecule has 2 aromatic heterocycles. The minimum atomic E-state index is -3.56. The molecule has 1 fully saturated rings. The molecule has 2 aromatic rings. The van der Waals surface area contributed by atoms with E-state index >= 15 is 0 Å². The number of hydrogen-bond acceptors (Lipinski definition) is 5. The molecule has 1 aliphatic heterocycles. The Labute approximate surface area is 121 Å². The standard InChI is InChI=1S/C13H15N3O4S/c17-12-5-6-14-10-15(12)9-11-3-4-13(20-11)21(18,19)16-7-1-2-8-16/h3-6,10H,1-2,7-9H2. The molecule has 3 heterocycles. The fraction of sp³-hybridized carbons (Fsp3) is 0.385. The van der Waals surface area contributed by atoms with Gasteiger partial charge in [-0.1, -0.05) is 0 Å². The molecular weight excluding hydrogens is 294 g/mol. The fourth-order valence-corrected chi connectivity index (χ4v) is 3.75. The largest absolute Gasteiger partial charge is 0.446 e. The monoisotopic (exact) mass is 309 g/mol. The maximum atomic E-state index is 12.3. The zero-order valence-electron chi connectivity index (χ0n) is 11.3. The molecule has 1 aliphatic rings. The van der Waals surface area contributed by atoms with E-state index in [9.17, 15) is 13.2 Å². The second-order valence-corrected chi connectivity index (χ2v) is 6.75. The summed E-state index contributed by atoms with van der Waals surface area (Å²) >= 11 is 0. The Morgan fingerprint density at radius 3 is 2.67 bits per heavy atom. The Morgan fingerprint density at radius 2 is 1.95 bits per heavy atom. The van der Waals surface area contributed by atoms with Crippen LogP contribution in [0.25, 0.3) is 0 Å². The summed E-state index contributed by atoms with van der Waals surface area (Å²) in [6.45, 7) is 1.21. The highest BCUT2D eigenvalue weighted by molar-refractivity contribution is 7.89. The SMILES string of the molecule is O=c1ccncn1Cc1ccc(S(=O)(=O)N2CCCC2)o1. The summed E-state index contributed by atoms with van der Waals surface area (Å²) < 4.78 is 32.8. The van der Waals surface area contributed by atoms with E-state index in [2.05, 4.69) is 4.98 Å². The average molecular weight is 309 g/mol. The van der Waals surface area contributed by atoms with Gasteiger partial charge in [0, 0.05) is 25.4 Å². The number of nitrogens with zero attached hydrogens (tertiary/aromatic N) is 3. The van der Waals surface area contributed by atoms with E-state index < -0.39 is 10.0 Å². The number of hydrogen-bond donors (Lipinski definition) is 0. The molecule has 21 heavy (non-hydrogen) atoms. The molecule has 3 rings (SSSR count). The van der Waals surface area contributed by atoms with Gasteiger partial charge in [0.05, 0.1) is 12.9 Å². The van der Waals surface area contributed by atoms with Gasteiger partial charge in [-0.05, 0) is 25.0 Å². The molecule has 7 nitrogen and oxygen atoms in total. The van der Waals surface area contributed by atoms with Gasteiger partial charge in [0.25, 0.3) is 15.6 Å². The zero-order chi connectivity index (χ0) is 14.9. The normalized spacial score (nSPS) is 16.4. The summed E-state index contributed by atoms with van der Waals surface area (Å²) in [5.74, 6) is 0.405. The van der Waals surface area contributed by atoms with Crippen LogP contribution in [-0.2, 0) is 16.6 Å². The third-order valence-corrected chi connectivity index (χ3v) is 5.19. The molecule has 1 saturated heterocycles. The number of furan rings is 1. The topological polar surface area (TPSA) is 85.4 Å². The van der Waals surface area contributed by atoms with Crippen molar-refractivity contribution in [3.05, 3.63) is 46.8 Å². The van der Waals surface area contributed by atoms with Crippen LogP contribution in [-0.4, -0.2) is 35.4 Å². The first-order valence-electron chi connectivity index (χ1n) is 6.67. The summed E-state index contributed by atoms with van der Waals surface area (Å²) in [6.07, 6.45) is 4.54. The van der Waals surface area contributed by atoms with Gasteiger partial charge in [0.15, 0.2) is 0 Å². The molecule has 0 bridgehead atoms. The molecule has 0 unspecified atom stereocenters. The maximum absolute atomic E-state index is 12.3. The molecule has 0 amide bonds. The fourth-order valence-electron chi connectivity index (χ4n) is 2.30. The minimum absolute atomic E-state index is 0.0728. The van der Waals surface area contributed by atoms with Gasteiger partial charge in [0.1, 0.15) is 5.76 Å². The molecule has 0 aliphatic carbocycles. The van der Waals surface area contributed by atoms with Crippen molar-refractivity contribution in [2.75, 3.05) is 13.1 Å². The van der Waals surface area contributed by atoms with Gasteiger partial charge in [-0.3, -0.25) is 9.36 Å². The Balaban J connectivity index is 1.84. The second kappa shape index (κ2) is 5.45. The van der Waals surface area contributed by atoms with Crippen molar-refractivity contribution in [3.8, 4) is 0 Å². The third-order valence-electron chi connectivity index (χ3n) is 3.41. The van der Waals surface area contributed by atoms with Crippen molar-refractivity contribution in [2.45, 2.75) is 24.5 Å². The molecule has 112 valence electrons. The first-order valence-corrected chi connectivity index (χ1v) is 8.11. The maximum Gasteiger partial charge on any atom is 0.276 e. The van der Waals surface area contributed by atoms with Crippen LogP contribution in [0, 0.1) is 0 Å². The summed E-state index contributed by atoms with van der Waals surface area (Å²) in [7, 11) is -3.56. The first-order chi connectivity index (χ1) is 10.1. The van der Waals surface area contributed by atoms with Gasteiger partial charge >= 0.3 is 0 Å². The van der Waals surface area contributed by atoms with E-state index in [1.54, 1.807) is 6.07 Å². The summed E-state index contributed by atoms with van der Waals surface area (Å²) in [4.78, 5) is 15.4. The lowest BCUT2D eigenvalue weighted by Gasteiger charge is -2.12. The van der Waals surface area contributed by atoms with Crippen LogP contribution in [0.15, 0.2) is 45.0 Å². The van der Waals surface area contributed by atoms with Gasteiger partial charge in [-0.15, -0.1) is 0 Å². The van der Waals surface area contributed by atoms with E-state index in [-0.39, 0.29) is 17.2 Å². The number of rotatable bonds is 4. The molecule has 0 spiro atoms. The van der Waals surface area contributed by atoms with Gasteiger partial charge in [-0.2, -0.15) is 4.31 Å². The molecule has 0 saturated carbocycles. The zero-order valence-corrected chi connectivity index (χ0v) is 12.1.